The SMILES string of the molecule is C[C@H](CC[C@@H](C)C(C)(C)O)C1CC[C@@]2(C)C3CC=C4C(CC[C@H](O[C@@H]5O[C@H](CO)[C@@H](O)[C@H](O)[C@H]5O)C4(C)C)[C@]3(C)C(=O)C[C@]12C. The fourth-order valence-corrected chi connectivity index (χ4v) is 11.0. The molecule has 0 aromatic rings. The highest BCUT2D eigenvalue weighted by atomic mass is 16.7. The zero-order valence-corrected chi connectivity index (χ0v) is 29.3. The lowest BCUT2D eigenvalue weighted by Crippen LogP contribution is -2.64. The maximum Gasteiger partial charge on any atom is 0.187 e. The van der Waals surface area contributed by atoms with Crippen molar-refractivity contribution in [3.05, 3.63) is 11.6 Å². The molecule has 45 heavy (non-hydrogen) atoms. The molecule has 0 aromatic heterocycles. The molecular weight excluding hydrogens is 572 g/mol. The lowest BCUT2D eigenvalue weighted by Gasteiger charge is -2.65. The van der Waals surface area contributed by atoms with Gasteiger partial charge < -0.3 is 35.0 Å². The molecule has 3 unspecified atom stereocenters. The summed E-state index contributed by atoms with van der Waals surface area (Å²) >= 11 is 0. The second-order valence-corrected chi connectivity index (χ2v) is 17.6. The van der Waals surface area contributed by atoms with Crippen LogP contribution in [0.1, 0.15) is 114 Å². The van der Waals surface area contributed by atoms with Crippen LogP contribution < -0.4 is 0 Å². The molecule has 5 aliphatic rings. The van der Waals surface area contributed by atoms with Gasteiger partial charge in [-0.2, -0.15) is 0 Å². The van der Waals surface area contributed by atoms with Crippen LogP contribution in [-0.2, 0) is 14.3 Å². The minimum atomic E-state index is -1.48. The summed E-state index contributed by atoms with van der Waals surface area (Å²) in [6.45, 7) is 19.2. The Morgan fingerprint density at radius 2 is 1.64 bits per heavy atom. The van der Waals surface area contributed by atoms with Crippen LogP contribution in [-0.4, -0.2) is 80.3 Å². The Bertz CT molecular complexity index is 1140. The van der Waals surface area contributed by atoms with Crippen molar-refractivity contribution in [2.24, 2.45) is 51.2 Å². The van der Waals surface area contributed by atoms with E-state index < -0.39 is 53.7 Å². The van der Waals surface area contributed by atoms with Gasteiger partial charge in [0.15, 0.2) is 6.29 Å². The zero-order chi connectivity index (χ0) is 33.5. The largest absolute Gasteiger partial charge is 0.394 e. The monoisotopic (exact) mass is 634 g/mol. The third-order valence-electron chi connectivity index (χ3n) is 14.8. The number of Topliss-reactive ketones (excluding diaryl/α,β-unsaturated/α-hetero) is 1. The topological polar surface area (TPSA) is 137 Å². The summed E-state index contributed by atoms with van der Waals surface area (Å²) in [5.74, 6) is 1.96. The highest BCUT2D eigenvalue weighted by Crippen LogP contribution is 2.74. The summed E-state index contributed by atoms with van der Waals surface area (Å²) in [5.41, 5.74) is -0.359. The van der Waals surface area contributed by atoms with Gasteiger partial charge in [0.2, 0.25) is 0 Å². The minimum Gasteiger partial charge on any atom is -0.394 e. The fourth-order valence-electron chi connectivity index (χ4n) is 11.0. The van der Waals surface area contributed by atoms with Gasteiger partial charge in [0, 0.05) is 17.3 Å². The number of ether oxygens (including phenoxy) is 2. The van der Waals surface area contributed by atoms with E-state index in [1.54, 1.807) is 0 Å². The Hall–Kier alpha value is -0.870. The number of rotatable bonds is 8. The van der Waals surface area contributed by atoms with E-state index in [2.05, 4.69) is 54.5 Å². The van der Waals surface area contributed by atoms with Crippen LogP contribution in [0.5, 0.6) is 0 Å². The number of aliphatic hydroxyl groups excluding tert-OH is 4. The van der Waals surface area contributed by atoms with E-state index in [-0.39, 0.29) is 34.7 Å². The average molecular weight is 635 g/mol. The van der Waals surface area contributed by atoms with E-state index in [9.17, 15) is 30.3 Å². The highest BCUT2D eigenvalue weighted by Gasteiger charge is 2.70. The number of aliphatic hydroxyl groups is 5. The number of carbonyl (C=O) groups excluding carboxylic acids is 1. The summed E-state index contributed by atoms with van der Waals surface area (Å²) < 4.78 is 12.1. The van der Waals surface area contributed by atoms with Gasteiger partial charge in [0.05, 0.1) is 18.3 Å². The quantitative estimate of drug-likeness (QED) is 0.241. The van der Waals surface area contributed by atoms with Gasteiger partial charge in [0.1, 0.15) is 30.2 Å². The molecule has 4 aliphatic carbocycles. The Balaban J connectivity index is 1.37. The Morgan fingerprint density at radius 1 is 0.978 bits per heavy atom. The molecule has 5 rings (SSSR count). The molecule has 0 radical (unpaired) electrons. The summed E-state index contributed by atoms with van der Waals surface area (Å²) in [6, 6.07) is 0. The molecule has 3 saturated carbocycles. The first-order chi connectivity index (χ1) is 20.7. The summed E-state index contributed by atoms with van der Waals surface area (Å²) in [7, 11) is 0. The Kier molecular flexibility index (Phi) is 9.39. The summed E-state index contributed by atoms with van der Waals surface area (Å²) in [4.78, 5) is 14.6. The first-order valence-corrected chi connectivity index (χ1v) is 17.7. The molecule has 0 aromatic carbocycles. The van der Waals surface area contributed by atoms with Crippen LogP contribution >= 0.6 is 0 Å². The van der Waals surface area contributed by atoms with Crippen LogP contribution in [0.3, 0.4) is 0 Å². The van der Waals surface area contributed by atoms with E-state index in [4.69, 9.17) is 9.47 Å². The lowest BCUT2D eigenvalue weighted by atomic mass is 9.38. The third kappa shape index (κ3) is 5.41. The van der Waals surface area contributed by atoms with Crippen molar-refractivity contribution < 1.29 is 39.8 Å². The molecule has 0 spiro atoms. The van der Waals surface area contributed by atoms with Crippen LogP contribution in [0, 0.1) is 51.2 Å². The number of ketones is 1. The van der Waals surface area contributed by atoms with E-state index in [1.165, 1.54) is 5.57 Å². The van der Waals surface area contributed by atoms with E-state index in [0.29, 0.717) is 30.5 Å². The van der Waals surface area contributed by atoms with Crippen LogP contribution in [0.15, 0.2) is 11.6 Å². The normalized spacial score (nSPS) is 47.7. The van der Waals surface area contributed by atoms with Gasteiger partial charge in [-0.05, 0) is 92.8 Å². The smallest absolute Gasteiger partial charge is 0.187 e. The first-order valence-electron chi connectivity index (χ1n) is 17.7. The van der Waals surface area contributed by atoms with Crippen LogP contribution in [0.25, 0.3) is 0 Å². The maximum atomic E-state index is 14.6. The molecule has 8 heteroatoms. The summed E-state index contributed by atoms with van der Waals surface area (Å²) in [6.07, 6.45) is 2.79. The second-order valence-electron chi connectivity index (χ2n) is 17.6. The molecule has 258 valence electrons. The Labute approximate surface area is 271 Å². The molecule has 14 atom stereocenters. The van der Waals surface area contributed by atoms with Crippen molar-refractivity contribution in [3.8, 4) is 0 Å². The van der Waals surface area contributed by atoms with Crippen molar-refractivity contribution in [3.63, 3.8) is 0 Å². The Morgan fingerprint density at radius 3 is 2.27 bits per heavy atom. The predicted molar refractivity (Wildman–Crippen MR) is 172 cm³/mol. The van der Waals surface area contributed by atoms with E-state index >= 15 is 0 Å². The van der Waals surface area contributed by atoms with Crippen molar-refractivity contribution in [1.29, 1.82) is 0 Å². The predicted octanol–water partition coefficient (Wildman–Crippen LogP) is 4.78. The molecule has 8 nitrogen and oxygen atoms in total. The standard InChI is InChI=1S/C37H62O8/c1-20(10-11-21(2)34(5,6)43)22-16-17-35(7)26-14-12-23-24(37(26,9)27(39)18-36(22,35)8)13-15-28(33(23,3)4)45-32-31(42)30(41)29(40)25(19-38)44-32/h12,20-22,24-26,28-32,38,40-43H,10-11,13-19H2,1-9H3/t20-,21-,22?,24?,25-,26?,28+,29-,30+,31-,32+,35+,36-,37+/m1/s1. The fraction of sp³-hybridized carbons (Fsp3) is 0.919. The van der Waals surface area contributed by atoms with Crippen molar-refractivity contribution >= 4 is 5.78 Å². The maximum absolute atomic E-state index is 14.6. The molecule has 1 saturated heterocycles. The van der Waals surface area contributed by atoms with Crippen LogP contribution in [0.2, 0.25) is 0 Å². The first kappa shape index (κ1) is 35.4. The average Bonchev–Trinajstić information content (AvgIpc) is 3.23. The highest BCUT2D eigenvalue weighted by molar-refractivity contribution is 5.88. The molecular formula is C37H62O8. The number of allylic oxidation sites excluding steroid dienone is 1. The molecule has 4 fully saturated rings. The molecule has 5 N–H and O–H groups in total. The van der Waals surface area contributed by atoms with Crippen molar-refractivity contribution in [2.45, 2.75) is 156 Å². The van der Waals surface area contributed by atoms with Gasteiger partial charge in [0.25, 0.3) is 0 Å². The van der Waals surface area contributed by atoms with Crippen LogP contribution in [0.4, 0.5) is 0 Å². The van der Waals surface area contributed by atoms with Gasteiger partial charge in [-0.15, -0.1) is 0 Å². The molecule has 0 amide bonds. The van der Waals surface area contributed by atoms with Gasteiger partial charge >= 0.3 is 0 Å². The van der Waals surface area contributed by atoms with Crippen molar-refractivity contribution in [2.75, 3.05) is 6.61 Å². The zero-order valence-electron chi connectivity index (χ0n) is 29.3. The minimum absolute atomic E-state index is 0.0479. The summed E-state index contributed by atoms with van der Waals surface area (Å²) in [5, 5.41) is 51.4. The second kappa shape index (κ2) is 11.9. The number of hydrogen-bond acceptors (Lipinski definition) is 8. The number of hydrogen-bond donors (Lipinski definition) is 5. The molecule has 1 heterocycles. The van der Waals surface area contributed by atoms with E-state index in [0.717, 1.165) is 38.5 Å². The van der Waals surface area contributed by atoms with Gasteiger partial charge in [-0.25, -0.2) is 0 Å². The molecule has 0 bridgehead atoms. The number of fused-ring (bicyclic) bond motifs is 5. The lowest BCUT2D eigenvalue weighted by molar-refractivity contribution is -0.319. The number of carbonyl (C=O) groups is 1. The van der Waals surface area contributed by atoms with Gasteiger partial charge in [-0.1, -0.05) is 66.5 Å². The van der Waals surface area contributed by atoms with Crippen molar-refractivity contribution in [1.82, 2.24) is 0 Å². The third-order valence-corrected chi connectivity index (χ3v) is 14.8. The molecule has 1 aliphatic heterocycles. The van der Waals surface area contributed by atoms with Gasteiger partial charge in [-0.3, -0.25) is 4.79 Å². The van der Waals surface area contributed by atoms with E-state index in [1.807, 2.05) is 13.8 Å².